The van der Waals surface area contributed by atoms with Gasteiger partial charge in [0.2, 0.25) is 0 Å². The fourth-order valence-electron chi connectivity index (χ4n) is 1.54. The molecule has 0 amide bonds. The van der Waals surface area contributed by atoms with Crippen LogP contribution in [-0.4, -0.2) is 0 Å². The molecule has 14 heavy (non-hydrogen) atoms. The zero-order valence-electron chi connectivity index (χ0n) is 7.49. The second kappa shape index (κ2) is 3.03. The summed E-state index contributed by atoms with van der Waals surface area (Å²) < 4.78 is 5.79. The predicted molar refractivity (Wildman–Crippen MR) is 58.2 cm³/mol. The highest BCUT2D eigenvalue weighted by atomic mass is 32.1. The van der Waals surface area contributed by atoms with Crippen LogP contribution in [-0.2, 0) is 6.54 Å². The van der Waals surface area contributed by atoms with Crippen molar-refractivity contribution < 1.29 is 4.74 Å². The summed E-state index contributed by atoms with van der Waals surface area (Å²) in [5.74, 6) is 1.89. The van der Waals surface area contributed by atoms with E-state index < -0.39 is 0 Å². The van der Waals surface area contributed by atoms with Crippen LogP contribution in [0, 0.1) is 0 Å². The predicted octanol–water partition coefficient (Wildman–Crippen LogP) is 3.47. The van der Waals surface area contributed by atoms with Crippen molar-refractivity contribution in [1.29, 1.82) is 0 Å². The average molecular weight is 203 g/mol. The Bertz CT molecular complexity index is 464. The molecule has 0 bridgehead atoms. The van der Waals surface area contributed by atoms with Crippen LogP contribution in [0.15, 0.2) is 35.0 Å². The van der Waals surface area contributed by atoms with Gasteiger partial charge in [-0.05, 0) is 17.5 Å². The summed E-state index contributed by atoms with van der Waals surface area (Å²) in [6.07, 6.45) is 0. The van der Waals surface area contributed by atoms with Crippen molar-refractivity contribution in [1.82, 2.24) is 0 Å². The first-order valence-electron chi connectivity index (χ1n) is 4.49. The second-order valence-corrected chi connectivity index (χ2v) is 3.96. The molecule has 0 aliphatic carbocycles. The topological polar surface area (TPSA) is 21.3 Å². The lowest BCUT2D eigenvalue weighted by atomic mass is 10.3. The van der Waals surface area contributed by atoms with Gasteiger partial charge in [0, 0.05) is 17.5 Å². The van der Waals surface area contributed by atoms with E-state index in [9.17, 15) is 0 Å². The number of para-hydroxylation sites is 2. The van der Waals surface area contributed by atoms with E-state index in [4.69, 9.17) is 4.74 Å². The van der Waals surface area contributed by atoms with Crippen molar-refractivity contribution in [3.8, 4) is 11.5 Å². The second-order valence-electron chi connectivity index (χ2n) is 3.21. The molecule has 1 aromatic heterocycles. The molecule has 0 saturated heterocycles. The van der Waals surface area contributed by atoms with E-state index in [1.54, 1.807) is 11.3 Å². The zero-order chi connectivity index (χ0) is 9.38. The Morgan fingerprint density at radius 3 is 3.07 bits per heavy atom. The molecule has 0 spiro atoms. The normalized spacial score (nSPS) is 13.1. The minimum Gasteiger partial charge on any atom is -0.454 e. The average Bonchev–Trinajstić information content (AvgIpc) is 2.58. The number of rotatable bonds is 0. The van der Waals surface area contributed by atoms with E-state index in [-0.39, 0.29) is 0 Å². The number of thiophene rings is 1. The highest BCUT2D eigenvalue weighted by molar-refractivity contribution is 7.08. The maximum atomic E-state index is 5.79. The lowest BCUT2D eigenvalue weighted by Crippen LogP contribution is -1.95. The van der Waals surface area contributed by atoms with Crippen LogP contribution < -0.4 is 10.1 Å². The number of nitrogens with one attached hydrogen (secondary N) is 1. The Kier molecular flexibility index (Phi) is 1.70. The molecule has 0 fully saturated rings. The third kappa shape index (κ3) is 1.17. The molecule has 3 heteroatoms. The molecular weight excluding hydrogens is 194 g/mol. The molecule has 2 heterocycles. The Morgan fingerprint density at radius 1 is 1.14 bits per heavy atom. The Labute approximate surface area is 86.2 Å². The maximum absolute atomic E-state index is 5.79. The van der Waals surface area contributed by atoms with Crippen molar-refractivity contribution >= 4 is 17.0 Å². The van der Waals surface area contributed by atoms with Gasteiger partial charge in [-0.15, -0.1) is 11.3 Å². The molecule has 0 atom stereocenters. The molecule has 0 saturated carbocycles. The van der Waals surface area contributed by atoms with Crippen LogP contribution in [0.25, 0.3) is 0 Å². The van der Waals surface area contributed by atoms with Gasteiger partial charge in [-0.2, -0.15) is 0 Å². The molecule has 1 aliphatic rings. The summed E-state index contributed by atoms with van der Waals surface area (Å²) in [5.41, 5.74) is 2.29. The molecule has 70 valence electrons. The van der Waals surface area contributed by atoms with Crippen molar-refractivity contribution in [2.24, 2.45) is 0 Å². The van der Waals surface area contributed by atoms with Gasteiger partial charge in [-0.3, -0.25) is 0 Å². The number of hydrogen-bond donors (Lipinski definition) is 1. The van der Waals surface area contributed by atoms with Gasteiger partial charge in [-0.1, -0.05) is 12.1 Å². The van der Waals surface area contributed by atoms with Crippen LogP contribution in [0.3, 0.4) is 0 Å². The van der Waals surface area contributed by atoms with Crippen LogP contribution >= 0.6 is 11.3 Å². The first-order valence-corrected chi connectivity index (χ1v) is 5.43. The minimum absolute atomic E-state index is 0.843. The summed E-state index contributed by atoms with van der Waals surface area (Å²) in [5, 5.41) is 7.51. The van der Waals surface area contributed by atoms with Crippen LogP contribution in [0.2, 0.25) is 0 Å². The van der Waals surface area contributed by atoms with Crippen LogP contribution in [0.4, 0.5) is 5.69 Å². The first kappa shape index (κ1) is 7.88. The zero-order valence-corrected chi connectivity index (χ0v) is 8.30. The molecule has 1 aliphatic heterocycles. The van der Waals surface area contributed by atoms with Crippen molar-refractivity contribution in [3.05, 3.63) is 40.6 Å². The summed E-state index contributed by atoms with van der Waals surface area (Å²) in [4.78, 5) is 0. The Hall–Kier alpha value is -1.48. The van der Waals surface area contributed by atoms with E-state index in [0.29, 0.717) is 0 Å². The van der Waals surface area contributed by atoms with E-state index in [1.165, 1.54) is 5.56 Å². The smallest absolute Gasteiger partial charge is 0.150 e. The molecule has 0 unspecified atom stereocenters. The standard InChI is InChI=1S/C11H9NOS/c1-2-4-10-9(3-1)12-5-8-6-14-7-11(8)13-10/h1-4,6-7,12H,5H2. The third-order valence-electron chi connectivity index (χ3n) is 2.28. The molecule has 0 radical (unpaired) electrons. The van der Waals surface area contributed by atoms with Gasteiger partial charge in [0.15, 0.2) is 5.75 Å². The van der Waals surface area contributed by atoms with Gasteiger partial charge in [0.05, 0.1) is 5.69 Å². The van der Waals surface area contributed by atoms with E-state index >= 15 is 0 Å². The largest absolute Gasteiger partial charge is 0.454 e. The van der Waals surface area contributed by atoms with Gasteiger partial charge in [0.1, 0.15) is 5.75 Å². The molecule has 2 aromatic rings. The summed E-state index contributed by atoms with van der Waals surface area (Å²) in [7, 11) is 0. The van der Waals surface area contributed by atoms with Crippen molar-refractivity contribution in [2.75, 3.05) is 5.32 Å². The highest BCUT2D eigenvalue weighted by Crippen LogP contribution is 2.36. The summed E-state index contributed by atoms with van der Waals surface area (Å²) >= 11 is 1.67. The van der Waals surface area contributed by atoms with Gasteiger partial charge < -0.3 is 10.1 Å². The van der Waals surface area contributed by atoms with E-state index in [1.807, 2.05) is 29.6 Å². The molecular formula is C11H9NOS. The number of fused-ring (bicyclic) bond motifs is 2. The number of hydrogen-bond acceptors (Lipinski definition) is 3. The monoisotopic (exact) mass is 203 g/mol. The van der Waals surface area contributed by atoms with Gasteiger partial charge >= 0.3 is 0 Å². The molecule has 1 N–H and O–H groups in total. The van der Waals surface area contributed by atoms with Crippen molar-refractivity contribution in [2.45, 2.75) is 6.54 Å². The lowest BCUT2D eigenvalue weighted by Gasteiger charge is -2.05. The summed E-state index contributed by atoms with van der Waals surface area (Å²) in [6, 6.07) is 8.01. The minimum atomic E-state index is 0.843. The first-order chi connectivity index (χ1) is 6.93. The van der Waals surface area contributed by atoms with Crippen LogP contribution in [0.1, 0.15) is 5.56 Å². The molecule has 3 rings (SSSR count). The van der Waals surface area contributed by atoms with Gasteiger partial charge in [0.25, 0.3) is 0 Å². The SMILES string of the molecule is c1ccc2c(c1)NCc1cscc1O2. The fourth-order valence-corrected chi connectivity index (χ4v) is 2.30. The van der Waals surface area contributed by atoms with E-state index in [0.717, 1.165) is 23.7 Å². The Balaban J connectivity index is 2.10. The third-order valence-corrected chi connectivity index (χ3v) is 3.05. The number of ether oxygens (including phenoxy) is 1. The van der Waals surface area contributed by atoms with Gasteiger partial charge in [-0.25, -0.2) is 0 Å². The maximum Gasteiger partial charge on any atom is 0.150 e. The van der Waals surface area contributed by atoms with Crippen molar-refractivity contribution in [3.63, 3.8) is 0 Å². The molecule has 2 nitrogen and oxygen atoms in total. The molecule has 1 aromatic carbocycles. The lowest BCUT2D eigenvalue weighted by molar-refractivity contribution is 0.486. The van der Waals surface area contributed by atoms with E-state index in [2.05, 4.69) is 10.7 Å². The Morgan fingerprint density at radius 2 is 2.07 bits per heavy atom. The number of anilines is 1. The fraction of sp³-hybridized carbons (Fsp3) is 0.0909. The quantitative estimate of drug-likeness (QED) is 0.708. The highest BCUT2D eigenvalue weighted by Gasteiger charge is 2.13. The number of benzene rings is 1. The van der Waals surface area contributed by atoms with Crippen LogP contribution in [0.5, 0.6) is 11.5 Å². The summed E-state index contributed by atoms with van der Waals surface area (Å²) in [6.45, 7) is 0.843.